The summed E-state index contributed by atoms with van der Waals surface area (Å²) in [4.78, 5) is 0. The molecule has 4 heteroatoms. The maximum atomic E-state index is 6.37. The standard InChI is InChI=1S/C16H20ClN3/c1-3-14-16(17)15(20(2)19-14)10-18-13-8-7-11-5-4-6-12(11)9-13/h7-9,18H,3-6,10H2,1-2H3. The molecule has 1 aliphatic rings. The van der Waals surface area contributed by atoms with Gasteiger partial charge in [0.25, 0.3) is 0 Å². The van der Waals surface area contributed by atoms with Crippen molar-refractivity contribution in [1.29, 1.82) is 0 Å². The predicted octanol–water partition coefficient (Wildman–Crippen LogP) is 3.74. The highest BCUT2D eigenvalue weighted by atomic mass is 35.5. The zero-order chi connectivity index (χ0) is 14.1. The number of fused-ring (bicyclic) bond motifs is 1. The van der Waals surface area contributed by atoms with Gasteiger partial charge in [0.15, 0.2) is 0 Å². The Morgan fingerprint density at radius 1 is 1.30 bits per heavy atom. The second kappa shape index (κ2) is 5.49. The number of benzene rings is 1. The van der Waals surface area contributed by atoms with Gasteiger partial charge in [0.05, 0.1) is 23.0 Å². The monoisotopic (exact) mass is 289 g/mol. The average Bonchev–Trinajstić information content (AvgIpc) is 3.01. The first kappa shape index (κ1) is 13.5. The molecule has 0 unspecified atom stereocenters. The molecule has 1 aromatic carbocycles. The lowest BCUT2D eigenvalue weighted by Crippen LogP contribution is -2.06. The maximum Gasteiger partial charge on any atom is 0.0868 e. The predicted molar refractivity (Wildman–Crippen MR) is 83.4 cm³/mol. The zero-order valence-electron chi connectivity index (χ0n) is 12.0. The van der Waals surface area contributed by atoms with E-state index in [9.17, 15) is 0 Å². The lowest BCUT2D eigenvalue weighted by Gasteiger charge is -2.09. The van der Waals surface area contributed by atoms with Gasteiger partial charge in [-0.05, 0) is 48.9 Å². The summed E-state index contributed by atoms with van der Waals surface area (Å²) in [6.45, 7) is 2.78. The molecule has 3 nitrogen and oxygen atoms in total. The molecule has 3 rings (SSSR count). The van der Waals surface area contributed by atoms with E-state index in [0.29, 0.717) is 6.54 Å². The summed E-state index contributed by atoms with van der Waals surface area (Å²) in [7, 11) is 1.95. The first-order valence-electron chi connectivity index (χ1n) is 7.25. The largest absolute Gasteiger partial charge is 0.379 e. The van der Waals surface area contributed by atoms with E-state index in [1.807, 2.05) is 11.7 Å². The van der Waals surface area contributed by atoms with Crippen LogP contribution in [0.3, 0.4) is 0 Å². The van der Waals surface area contributed by atoms with Crippen LogP contribution in [-0.2, 0) is 32.9 Å². The SMILES string of the molecule is CCc1nn(C)c(CNc2ccc3c(c2)CCC3)c1Cl. The molecule has 1 heterocycles. The summed E-state index contributed by atoms with van der Waals surface area (Å²) in [6, 6.07) is 6.68. The molecule has 0 radical (unpaired) electrons. The van der Waals surface area contributed by atoms with Crippen LogP contribution in [0.15, 0.2) is 18.2 Å². The highest BCUT2D eigenvalue weighted by Crippen LogP contribution is 2.26. The molecule has 2 aromatic rings. The molecule has 20 heavy (non-hydrogen) atoms. The fraction of sp³-hybridized carbons (Fsp3) is 0.438. The Kier molecular flexibility index (Phi) is 3.70. The molecule has 0 fully saturated rings. The number of anilines is 1. The maximum absolute atomic E-state index is 6.37. The number of halogens is 1. The highest BCUT2D eigenvalue weighted by molar-refractivity contribution is 6.31. The second-order valence-electron chi connectivity index (χ2n) is 5.38. The Morgan fingerprint density at radius 3 is 2.85 bits per heavy atom. The third-order valence-corrected chi connectivity index (χ3v) is 4.50. The normalized spacial score (nSPS) is 13.6. The van der Waals surface area contributed by atoms with Gasteiger partial charge in [-0.2, -0.15) is 5.10 Å². The molecule has 1 aliphatic carbocycles. The smallest absolute Gasteiger partial charge is 0.0868 e. The quantitative estimate of drug-likeness (QED) is 0.929. The van der Waals surface area contributed by atoms with Gasteiger partial charge in [-0.15, -0.1) is 0 Å². The van der Waals surface area contributed by atoms with Crippen LogP contribution in [0.4, 0.5) is 5.69 Å². The highest BCUT2D eigenvalue weighted by Gasteiger charge is 2.14. The minimum atomic E-state index is 0.709. The summed E-state index contributed by atoms with van der Waals surface area (Å²) in [5, 5.41) is 8.70. The van der Waals surface area contributed by atoms with Crippen molar-refractivity contribution in [3.05, 3.63) is 45.7 Å². The molecular weight excluding hydrogens is 270 g/mol. The average molecular weight is 290 g/mol. The van der Waals surface area contributed by atoms with E-state index in [2.05, 4.69) is 35.5 Å². The van der Waals surface area contributed by atoms with Crippen LogP contribution in [-0.4, -0.2) is 9.78 Å². The number of aromatic nitrogens is 2. The van der Waals surface area contributed by atoms with Crippen molar-refractivity contribution in [2.24, 2.45) is 7.05 Å². The first-order chi connectivity index (χ1) is 9.69. The fourth-order valence-corrected chi connectivity index (χ4v) is 3.24. The summed E-state index contributed by atoms with van der Waals surface area (Å²) in [5.41, 5.74) is 6.17. The van der Waals surface area contributed by atoms with E-state index < -0.39 is 0 Å². The van der Waals surface area contributed by atoms with Crippen LogP contribution < -0.4 is 5.32 Å². The van der Waals surface area contributed by atoms with Gasteiger partial charge in [0.2, 0.25) is 0 Å². The minimum absolute atomic E-state index is 0.709. The van der Waals surface area contributed by atoms with Gasteiger partial charge in [-0.3, -0.25) is 4.68 Å². The first-order valence-corrected chi connectivity index (χ1v) is 7.62. The van der Waals surface area contributed by atoms with Gasteiger partial charge in [-0.1, -0.05) is 24.6 Å². The van der Waals surface area contributed by atoms with Gasteiger partial charge in [0, 0.05) is 12.7 Å². The van der Waals surface area contributed by atoms with Crippen molar-refractivity contribution in [1.82, 2.24) is 9.78 Å². The van der Waals surface area contributed by atoms with Gasteiger partial charge in [-0.25, -0.2) is 0 Å². The Balaban J connectivity index is 1.75. The molecule has 106 valence electrons. The molecular formula is C16H20ClN3. The number of hydrogen-bond donors (Lipinski definition) is 1. The Hall–Kier alpha value is -1.48. The number of rotatable bonds is 4. The summed E-state index contributed by atoms with van der Waals surface area (Å²) < 4.78 is 1.88. The molecule has 0 aliphatic heterocycles. The van der Waals surface area contributed by atoms with Crippen LogP contribution in [0.5, 0.6) is 0 Å². The third-order valence-electron chi connectivity index (χ3n) is 4.06. The van der Waals surface area contributed by atoms with Crippen LogP contribution in [0.2, 0.25) is 5.02 Å². The lowest BCUT2D eigenvalue weighted by atomic mass is 10.1. The fourth-order valence-electron chi connectivity index (χ4n) is 2.88. The van der Waals surface area contributed by atoms with E-state index >= 15 is 0 Å². The van der Waals surface area contributed by atoms with E-state index in [0.717, 1.165) is 22.8 Å². The number of nitrogens with zero attached hydrogens (tertiary/aromatic N) is 2. The zero-order valence-corrected chi connectivity index (χ0v) is 12.8. The molecule has 1 N–H and O–H groups in total. The van der Waals surface area contributed by atoms with Gasteiger partial charge < -0.3 is 5.32 Å². The molecule has 0 bridgehead atoms. The Labute approximate surface area is 124 Å². The molecule has 0 amide bonds. The minimum Gasteiger partial charge on any atom is -0.379 e. The molecule has 1 aromatic heterocycles. The van der Waals surface area contributed by atoms with Gasteiger partial charge >= 0.3 is 0 Å². The molecule has 0 saturated heterocycles. The van der Waals surface area contributed by atoms with E-state index in [1.165, 1.54) is 36.1 Å². The van der Waals surface area contributed by atoms with Crippen LogP contribution in [0.25, 0.3) is 0 Å². The van der Waals surface area contributed by atoms with Gasteiger partial charge in [0.1, 0.15) is 0 Å². The van der Waals surface area contributed by atoms with Crippen molar-refractivity contribution in [2.75, 3.05) is 5.32 Å². The van der Waals surface area contributed by atoms with Crippen molar-refractivity contribution in [3.63, 3.8) is 0 Å². The number of hydrogen-bond acceptors (Lipinski definition) is 2. The van der Waals surface area contributed by atoms with E-state index in [1.54, 1.807) is 0 Å². The summed E-state index contributed by atoms with van der Waals surface area (Å²) in [6.07, 6.45) is 4.58. The van der Waals surface area contributed by atoms with Crippen molar-refractivity contribution in [3.8, 4) is 0 Å². The summed E-state index contributed by atoms with van der Waals surface area (Å²) >= 11 is 6.37. The van der Waals surface area contributed by atoms with Crippen LogP contribution >= 0.6 is 11.6 Å². The van der Waals surface area contributed by atoms with Crippen molar-refractivity contribution < 1.29 is 0 Å². The van der Waals surface area contributed by atoms with Crippen molar-refractivity contribution >= 4 is 17.3 Å². The number of nitrogens with one attached hydrogen (secondary N) is 1. The van der Waals surface area contributed by atoms with Crippen molar-refractivity contribution in [2.45, 2.75) is 39.2 Å². The van der Waals surface area contributed by atoms with E-state index in [-0.39, 0.29) is 0 Å². The van der Waals surface area contributed by atoms with E-state index in [4.69, 9.17) is 11.6 Å². The number of aryl methyl sites for hydroxylation is 4. The third kappa shape index (κ3) is 2.42. The summed E-state index contributed by atoms with van der Waals surface area (Å²) in [5.74, 6) is 0. The topological polar surface area (TPSA) is 29.9 Å². The molecule has 0 spiro atoms. The molecule has 0 atom stereocenters. The Morgan fingerprint density at radius 2 is 2.10 bits per heavy atom. The Bertz CT molecular complexity index is 631. The van der Waals surface area contributed by atoms with Crippen LogP contribution in [0, 0.1) is 0 Å². The van der Waals surface area contributed by atoms with Crippen LogP contribution in [0.1, 0.15) is 35.9 Å². The molecule has 0 saturated carbocycles. The lowest BCUT2D eigenvalue weighted by molar-refractivity contribution is 0.707. The second-order valence-corrected chi connectivity index (χ2v) is 5.75.